The third-order valence-corrected chi connectivity index (χ3v) is 5.45. The molecule has 1 saturated carbocycles. The summed E-state index contributed by atoms with van der Waals surface area (Å²) in [5.41, 5.74) is 5.26. The summed E-state index contributed by atoms with van der Waals surface area (Å²) < 4.78 is 20.3. The van der Waals surface area contributed by atoms with E-state index in [0.29, 0.717) is 33.9 Å². The molecule has 6 heteroatoms. The Balaban J connectivity index is 1.82. The molecule has 0 N–H and O–H groups in total. The number of hydrogen-bond acceptors (Lipinski definition) is 4. The van der Waals surface area contributed by atoms with Crippen molar-refractivity contribution in [2.24, 2.45) is 0 Å². The first-order valence-corrected chi connectivity index (χ1v) is 9.90. The standard InChI is InChI=1S/C24H20FN3O2/c1-14-3-5-15(6-4-14)20-13-19(24(29)30-2)21-22(16-7-8-16)27-28(23(21)26-20)18-11-9-17(25)10-12-18/h3-6,9-13,16H,7-8H2,1-2H3. The second-order valence-corrected chi connectivity index (χ2v) is 7.66. The maximum absolute atomic E-state index is 13.5. The van der Waals surface area contributed by atoms with Crippen molar-refractivity contribution in [1.29, 1.82) is 0 Å². The van der Waals surface area contributed by atoms with Crippen molar-refractivity contribution >= 4 is 17.0 Å². The lowest BCUT2D eigenvalue weighted by molar-refractivity contribution is 0.0603. The number of halogens is 1. The molecule has 1 aliphatic carbocycles. The van der Waals surface area contributed by atoms with E-state index in [-0.39, 0.29) is 5.82 Å². The van der Waals surface area contributed by atoms with Crippen LogP contribution in [0.4, 0.5) is 4.39 Å². The van der Waals surface area contributed by atoms with Crippen LogP contribution >= 0.6 is 0 Å². The van der Waals surface area contributed by atoms with Crippen molar-refractivity contribution in [2.75, 3.05) is 7.11 Å². The van der Waals surface area contributed by atoms with Gasteiger partial charge in [0.05, 0.1) is 35.1 Å². The molecular weight excluding hydrogens is 381 g/mol. The number of carbonyl (C=O) groups excluding carboxylic acids is 1. The molecule has 1 aliphatic rings. The summed E-state index contributed by atoms with van der Waals surface area (Å²) in [5.74, 6) is -0.442. The van der Waals surface area contributed by atoms with Gasteiger partial charge in [-0.1, -0.05) is 29.8 Å². The topological polar surface area (TPSA) is 57.0 Å². The lowest BCUT2D eigenvalue weighted by Gasteiger charge is -2.09. The molecule has 0 saturated heterocycles. The molecule has 30 heavy (non-hydrogen) atoms. The second kappa shape index (κ2) is 7.06. The van der Waals surface area contributed by atoms with Gasteiger partial charge >= 0.3 is 5.97 Å². The number of nitrogens with zero attached hydrogens (tertiary/aromatic N) is 3. The van der Waals surface area contributed by atoms with Gasteiger partial charge in [-0.3, -0.25) is 0 Å². The van der Waals surface area contributed by atoms with Crippen LogP contribution in [-0.2, 0) is 4.74 Å². The third kappa shape index (κ3) is 3.14. The Bertz CT molecular complexity index is 1260. The quantitative estimate of drug-likeness (QED) is 0.441. The average Bonchev–Trinajstić information content (AvgIpc) is 3.54. The zero-order valence-corrected chi connectivity index (χ0v) is 16.7. The Labute approximate surface area is 173 Å². The summed E-state index contributed by atoms with van der Waals surface area (Å²) in [5, 5.41) is 5.51. The van der Waals surface area contributed by atoms with E-state index < -0.39 is 5.97 Å². The predicted octanol–water partition coefficient (Wildman–Crippen LogP) is 5.20. The summed E-state index contributed by atoms with van der Waals surface area (Å²) in [6.45, 7) is 2.02. The van der Waals surface area contributed by atoms with E-state index in [9.17, 15) is 9.18 Å². The second-order valence-electron chi connectivity index (χ2n) is 7.66. The third-order valence-electron chi connectivity index (χ3n) is 5.45. The summed E-state index contributed by atoms with van der Waals surface area (Å²) in [6.07, 6.45) is 2.05. The van der Waals surface area contributed by atoms with Crippen molar-refractivity contribution in [2.45, 2.75) is 25.7 Å². The van der Waals surface area contributed by atoms with Gasteiger partial charge < -0.3 is 4.74 Å². The van der Waals surface area contributed by atoms with Gasteiger partial charge in [0, 0.05) is 11.5 Å². The minimum absolute atomic E-state index is 0.296. The highest BCUT2D eigenvalue weighted by molar-refractivity contribution is 6.05. The minimum Gasteiger partial charge on any atom is -0.465 e. The number of esters is 1. The number of benzene rings is 2. The van der Waals surface area contributed by atoms with Gasteiger partial charge in [-0.05, 0) is 50.1 Å². The van der Waals surface area contributed by atoms with Gasteiger partial charge in [0.1, 0.15) is 5.82 Å². The molecule has 0 spiro atoms. The molecule has 0 atom stereocenters. The number of methoxy groups -OCH3 is 1. The van der Waals surface area contributed by atoms with E-state index >= 15 is 0 Å². The Morgan fingerprint density at radius 1 is 1.10 bits per heavy atom. The fourth-order valence-electron chi connectivity index (χ4n) is 3.69. The molecule has 2 aromatic heterocycles. The molecule has 0 unspecified atom stereocenters. The van der Waals surface area contributed by atoms with Gasteiger partial charge in [0.2, 0.25) is 0 Å². The molecule has 4 aromatic rings. The van der Waals surface area contributed by atoms with E-state index in [0.717, 1.165) is 29.7 Å². The summed E-state index contributed by atoms with van der Waals surface area (Å²) in [6, 6.07) is 15.9. The smallest absolute Gasteiger partial charge is 0.338 e. The van der Waals surface area contributed by atoms with Gasteiger partial charge in [-0.2, -0.15) is 5.10 Å². The van der Waals surface area contributed by atoms with Crippen molar-refractivity contribution in [3.8, 4) is 16.9 Å². The molecule has 2 aromatic carbocycles. The number of carbonyl (C=O) groups is 1. The fraction of sp³-hybridized carbons (Fsp3) is 0.208. The largest absolute Gasteiger partial charge is 0.465 e. The van der Waals surface area contributed by atoms with Crippen molar-refractivity contribution in [1.82, 2.24) is 14.8 Å². The average molecular weight is 401 g/mol. The number of aromatic nitrogens is 3. The Morgan fingerprint density at radius 2 is 1.80 bits per heavy atom. The molecule has 0 aliphatic heterocycles. The van der Waals surface area contributed by atoms with Gasteiger partial charge in [0.25, 0.3) is 0 Å². The Hall–Kier alpha value is -3.54. The monoisotopic (exact) mass is 401 g/mol. The van der Waals surface area contributed by atoms with Gasteiger partial charge in [0.15, 0.2) is 5.65 Å². The predicted molar refractivity (Wildman–Crippen MR) is 112 cm³/mol. The van der Waals surface area contributed by atoms with Crippen molar-refractivity contribution in [3.05, 3.63) is 77.2 Å². The number of rotatable bonds is 4. The van der Waals surface area contributed by atoms with E-state index in [2.05, 4.69) is 0 Å². The van der Waals surface area contributed by atoms with E-state index in [1.54, 1.807) is 22.9 Å². The van der Waals surface area contributed by atoms with Crippen LogP contribution in [0.1, 0.15) is 40.4 Å². The van der Waals surface area contributed by atoms with Gasteiger partial charge in [-0.15, -0.1) is 0 Å². The SMILES string of the molecule is COC(=O)c1cc(-c2ccc(C)cc2)nc2c1c(C1CC1)nn2-c1ccc(F)cc1. The lowest BCUT2D eigenvalue weighted by Crippen LogP contribution is -2.05. The minimum atomic E-state index is -0.420. The Kier molecular flexibility index (Phi) is 4.35. The fourth-order valence-corrected chi connectivity index (χ4v) is 3.69. The number of ether oxygens (including phenoxy) is 1. The highest BCUT2D eigenvalue weighted by Gasteiger charge is 2.33. The molecule has 5 rings (SSSR count). The highest BCUT2D eigenvalue weighted by atomic mass is 19.1. The van der Waals surface area contributed by atoms with E-state index in [4.69, 9.17) is 14.8 Å². The van der Waals surface area contributed by atoms with Crippen LogP contribution < -0.4 is 0 Å². The first-order chi connectivity index (χ1) is 14.5. The van der Waals surface area contributed by atoms with Gasteiger partial charge in [-0.25, -0.2) is 18.9 Å². The summed E-state index contributed by atoms with van der Waals surface area (Å²) in [4.78, 5) is 17.6. The van der Waals surface area contributed by atoms with E-state index in [1.807, 2.05) is 31.2 Å². The van der Waals surface area contributed by atoms with Crippen LogP contribution in [0.5, 0.6) is 0 Å². The number of aryl methyl sites for hydroxylation is 1. The maximum atomic E-state index is 13.5. The first kappa shape index (κ1) is 18.5. The number of fused-ring (bicyclic) bond motifs is 1. The molecule has 5 nitrogen and oxygen atoms in total. The molecule has 150 valence electrons. The van der Waals surface area contributed by atoms with Crippen LogP contribution in [0, 0.1) is 12.7 Å². The first-order valence-electron chi connectivity index (χ1n) is 9.90. The summed E-state index contributed by atoms with van der Waals surface area (Å²) in [7, 11) is 1.38. The number of hydrogen-bond donors (Lipinski definition) is 0. The zero-order valence-electron chi connectivity index (χ0n) is 16.7. The summed E-state index contributed by atoms with van der Waals surface area (Å²) >= 11 is 0. The van der Waals surface area contributed by atoms with Crippen LogP contribution in [0.25, 0.3) is 28.0 Å². The van der Waals surface area contributed by atoms with Crippen LogP contribution in [-0.4, -0.2) is 27.8 Å². The highest BCUT2D eigenvalue weighted by Crippen LogP contribution is 2.44. The maximum Gasteiger partial charge on any atom is 0.338 e. The molecule has 0 amide bonds. The molecule has 1 fully saturated rings. The number of pyridine rings is 1. The normalized spacial score (nSPS) is 13.6. The van der Waals surface area contributed by atoms with E-state index in [1.165, 1.54) is 19.2 Å². The van der Waals surface area contributed by atoms with Crippen LogP contribution in [0.3, 0.4) is 0 Å². The molecule has 2 heterocycles. The zero-order chi connectivity index (χ0) is 20.8. The molecule has 0 radical (unpaired) electrons. The van der Waals surface area contributed by atoms with Crippen LogP contribution in [0.2, 0.25) is 0 Å². The lowest BCUT2D eigenvalue weighted by atomic mass is 10.0. The molecule has 0 bridgehead atoms. The van der Waals surface area contributed by atoms with Crippen molar-refractivity contribution < 1.29 is 13.9 Å². The molecular formula is C24H20FN3O2. The van der Waals surface area contributed by atoms with Crippen LogP contribution in [0.15, 0.2) is 54.6 Å². The van der Waals surface area contributed by atoms with Crippen molar-refractivity contribution in [3.63, 3.8) is 0 Å². The Morgan fingerprint density at radius 3 is 2.43 bits per heavy atom.